The third-order valence-electron chi connectivity index (χ3n) is 2.83. The van der Waals surface area contributed by atoms with Gasteiger partial charge in [-0.15, -0.1) is 0 Å². The minimum atomic E-state index is -1.09. The topological polar surface area (TPSA) is 53.8 Å². The first-order valence-corrected chi connectivity index (χ1v) is 5.75. The predicted molar refractivity (Wildman–Crippen MR) is 68.1 cm³/mol. The number of aryl methyl sites for hydroxylation is 1. The van der Waals surface area contributed by atoms with Crippen LogP contribution < -0.4 is 0 Å². The number of carbonyl (C=O) groups excluding carboxylic acids is 1. The van der Waals surface area contributed by atoms with Crippen LogP contribution in [0.4, 0.5) is 4.39 Å². The fraction of sp³-hybridized carbons (Fsp3) is 0.133. The molecule has 1 aromatic heterocycles. The summed E-state index contributed by atoms with van der Waals surface area (Å²) < 4.78 is 13.9. The molecule has 0 amide bonds. The van der Waals surface area contributed by atoms with Crippen LogP contribution in [-0.2, 0) is 0 Å². The number of carbonyl (C=O) groups is 1. The maximum Gasteiger partial charge on any atom is 0.189 e. The van der Waals surface area contributed by atoms with Crippen LogP contribution >= 0.6 is 0 Å². The highest BCUT2D eigenvalue weighted by atomic mass is 19.1. The third kappa shape index (κ3) is 2.50. The summed E-state index contributed by atoms with van der Waals surface area (Å²) in [6.07, 6.45) is 1.50. The lowest BCUT2D eigenvalue weighted by atomic mass is 9.94. The second-order valence-corrected chi connectivity index (χ2v) is 4.12. The molecule has 0 fully saturated rings. The minimum Gasteiger partial charge on any atom is -0.292 e. The molecule has 0 saturated carbocycles. The standard InChI is InChI=1S/C15H11FN2O/c1-10-5-4-6-11(14(10)16)15(19)12(9-17)13-7-2-3-8-18-13/h2-8,12H,1H3. The van der Waals surface area contributed by atoms with Gasteiger partial charge in [0, 0.05) is 6.20 Å². The van der Waals surface area contributed by atoms with Crippen molar-refractivity contribution in [2.75, 3.05) is 0 Å². The first kappa shape index (κ1) is 12.9. The number of nitriles is 1. The lowest BCUT2D eigenvalue weighted by Crippen LogP contribution is -2.14. The molecule has 1 aromatic carbocycles. The molecule has 0 aliphatic carbocycles. The molecular weight excluding hydrogens is 243 g/mol. The summed E-state index contributed by atoms with van der Waals surface area (Å²) in [5.74, 6) is -2.23. The molecule has 1 atom stereocenters. The molecule has 1 unspecified atom stereocenters. The van der Waals surface area contributed by atoms with Gasteiger partial charge in [0.2, 0.25) is 0 Å². The van der Waals surface area contributed by atoms with Crippen molar-refractivity contribution in [1.29, 1.82) is 5.26 Å². The second-order valence-electron chi connectivity index (χ2n) is 4.12. The van der Waals surface area contributed by atoms with Crippen LogP contribution in [0.15, 0.2) is 42.6 Å². The number of aromatic nitrogens is 1. The van der Waals surface area contributed by atoms with Crippen LogP contribution in [0.2, 0.25) is 0 Å². The van der Waals surface area contributed by atoms with Crippen LogP contribution in [0.1, 0.15) is 27.5 Å². The van der Waals surface area contributed by atoms with E-state index >= 15 is 0 Å². The molecule has 0 aliphatic rings. The first-order valence-electron chi connectivity index (χ1n) is 5.75. The first-order chi connectivity index (χ1) is 9.15. The van der Waals surface area contributed by atoms with E-state index in [2.05, 4.69) is 4.98 Å². The highest BCUT2D eigenvalue weighted by Gasteiger charge is 2.25. The van der Waals surface area contributed by atoms with Gasteiger partial charge in [0.15, 0.2) is 11.7 Å². The summed E-state index contributed by atoms with van der Waals surface area (Å²) in [5, 5.41) is 9.14. The monoisotopic (exact) mass is 254 g/mol. The molecule has 0 radical (unpaired) electrons. The largest absolute Gasteiger partial charge is 0.292 e. The number of benzene rings is 1. The van der Waals surface area contributed by atoms with Gasteiger partial charge in [0.25, 0.3) is 0 Å². The quantitative estimate of drug-likeness (QED) is 0.791. The fourth-order valence-electron chi connectivity index (χ4n) is 1.80. The summed E-state index contributed by atoms with van der Waals surface area (Å²) in [6, 6.07) is 11.4. The number of hydrogen-bond donors (Lipinski definition) is 0. The Bertz CT molecular complexity index is 647. The molecule has 0 aliphatic heterocycles. The van der Waals surface area contributed by atoms with E-state index in [-0.39, 0.29) is 5.56 Å². The Balaban J connectivity index is 2.43. The number of hydrogen-bond acceptors (Lipinski definition) is 3. The van der Waals surface area contributed by atoms with Crippen LogP contribution in [0, 0.1) is 24.1 Å². The van der Waals surface area contributed by atoms with Gasteiger partial charge in [-0.1, -0.05) is 18.2 Å². The number of nitrogens with zero attached hydrogens (tertiary/aromatic N) is 2. The Labute approximate surface area is 110 Å². The van der Waals surface area contributed by atoms with E-state index in [1.165, 1.54) is 12.3 Å². The molecule has 0 spiro atoms. The Hall–Kier alpha value is -2.54. The average Bonchev–Trinajstić information content (AvgIpc) is 2.44. The molecule has 0 bridgehead atoms. The fourth-order valence-corrected chi connectivity index (χ4v) is 1.80. The van der Waals surface area contributed by atoms with Gasteiger partial charge < -0.3 is 0 Å². The van der Waals surface area contributed by atoms with Gasteiger partial charge in [-0.3, -0.25) is 9.78 Å². The maximum atomic E-state index is 13.9. The van der Waals surface area contributed by atoms with Crippen molar-refractivity contribution in [2.45, 2.75) is 12.8 Å². The number of pyridine rings is 1. The smallest absolute Gasteiger partial charge is 0.189 e. The van der Waals surface area contributed by atoms with Crippen molar-refractivity contribution in [3.63, 3.8) is 0 Å². The third-order valence-corrected chi connectivity index (χ3v) is 2.83. The van der Waals surface area contributed by atoms with Gasteiger partial charge in [0.1, 0.15) is 5.82 Å². The van der Waals surface area contributed by atoms with Crippen molar-refractivity contribution in [3.8, 4) is 6.07 Å². The van der Waals surface area contributed by atoms with Crippen LogP contribution in [0.25, 0.3) is 0 Å². The zero-order valence-corrected chi connectivity index (χ0v) is 10.3. The van der Waals surface area contributed by atoms with E-state index in [0.717, 1.165) is 0 Å². The molecule has 2 rings (SSSR count). The molecule has 94 valence electrons. The lowest BCUT2D eigenvalue weighted by molar-refractivity contribution is 0.0973. The van der Waals surface area contributed by atoms with Gasteiger partial charge in [-0.05, 0) is 30.7 Å². The van der Waals surface area contributed by atoms with E-state index in [4.69, 9.17) is 5.26 Å². The van der Waals surface area contributed by atoms with E-state index in [0.29, 0.717) is 11.3 Å². The zero-order valence-electron chi connectivity index (χ0n) is 10.3. The molecule has 0 N–H and O–H groups in total. The lowest BCUT2D eigenvalue weighted by Gasteiger charge is -2.09. The minimum absolute atomic E-state index is 0.0720. The van der Waals surface area contributed by atoms with Crippen LogP contribution in [0.5, 0.6) is 0 Å². The number of halogens is 1. The van der Waals surface area contributed by atoms with Crippen molar-refractivity contribution in [2.24, 2.45) is 0 Å². The summed E-state index contributed by atoms with van der Waals surface area (Å²) in [5.41, 5.74) is 0.636. The molecule has 0 saturated heterocycles. The van der Waals surface area contributed by atoms with Gasteiger partial charge in [0.05, 0.1) is 17.3 Å². The van der Waals surface area contributed by atoms with Crippen molar-refractivity contribution >= 4 is 5.78 Å². The Kier molecular flexibility index (Phi) is 3.67. The number of rotatable bonds is 3. The van der Waals surface area contributed by atoms with Crippen LogP contribution in [-0.4, -0.2) is 10.8 Å². The van der Waals surface area contributed by atoms with Gasteiger partial charge in [-0.25, -0.2) is 4.39 Å². The second kappa shape index (κ2) is 5.40. The normalized spacial score (nSPS) is 11.6. The average molecular weight is 254 g/mol. The highest BCUT2D eigenvalue weighted by Crippen LogP contribution is 2.21. The molecule has 3 nitrogen and oxygen atoms in total. The van der Waals surface area contributed by atoms with Crippen LogP contribution in [0.3, 0.4) is 0 Å². The van der Waals surface area contributed by atoms with E-state index in [1.807, 2.05) is 6.07 Å². The Morgan fingerprint density at radius 1 is 1.32 bits per heavy atom. The molecular formula is C15H11FN2O. The number of Topliss-reactive ketones (excluding diaryl/α,β-unsaturated/α-hetero) is 1. The summed E-state index contributed by atoms with van der Waals surface area (Å²) in [4.78, 5) is 16.2. The van der Waals surface area contributed by atoms with Crippen molar-refractivity contribution in [3.05, 3.63) is 65.2 Å². The summed E-state index contributed by atoms with van der Waals surface area (Å²) >= 11 is 0. The Morgan fingerprint density at radius 2 is 2.11 bits per heavy atom. The molecule has 4 heteroatoms. The molecule has 19 heavy (non-hydrogen) atoms. The summed E-state index contributed by atoms with van der Waals surface area (Å²) in [6.45, 7) is 1.58. The number of ketones is 1. The zero-order chi connectivity index (χ0) is 13.8. The molecule has 1 heterocycles. The van der Waals surface area contributed by atoms with E-state index < -0.39 is 17.5 Å². The van der Waals surface area contributed by atoms with Gasteiger partial charge in [-0.2, -0.15) is 5.26 Å². The SMILES string of the molecule is Cc1cccc(C(=O)C(C#N)c2ccccn2)c1F. The summed E-state index contributed by atoms with van der Waals surface area (Å²) in [7, 11) is 0. The highest BCUT2D eigenvalue weighted by molar-refractivity contribution is 6.02. The van der Waals surface area contributed by atoms with E-state index in [1.54, 1.807) is 37.3 Å². The van der Waals surface area contributed by atoms with Crippen molar-refractivity contribution < 1.29 is 9.18 Å². The van der Waals surface area contributed by atoms with Crippen molar-refractivity contribution in [1.82, 2.24) is 4.98 Å². The maximum absolute atomic E-state index is 13.9. The predicted octanol–water partition coefficient (Wildman–Crippen LogP) is 3.02. The van der Waals surface area contributed by atoms with Gasteiger partial charge >= 0.3 is 0 Å². The van der Waals surface area contributed by atoms with E-state index in [9.17, 15) is 9.18 Å². The molecule has 2 aromatic rings. The Morgan fingerprint density at radius 3 is 2.74 bits per heavy atom.